The molecule has 0 fully saturated rings. The van der Waals surface area contributed by atoms with Crippen LogP contribution in [0.4, 0.5) is 11.6 Å². The normalized spacial score (nSPS) is 13.1. The standard InChI is InChI=1S/C20H21N3O5/c1-28-15-11-13(5-2-3-6-16(18(24)25)19(26)27)17-14(12-15)7-10-23(17)20-21-8-4-9-22-20/h2-4,8-9,11-12,16H,5-7,10H2,1H3,(H,24,25)(H,26,27). The number of carboxylic acids is 2. The smallest absolute Gasteiger partial charge is 0.318 e. The maximum Gasteiger partial charge on any atom is 0.318 e. The van der Waals surface area contributed by atoms with E-state index in [-0.39, 0.29) is 6.42 Å². The zero-order chi connectivity index (χ0) is 20.1. The topological polar surface area (TPSA) is 113 Å². The first-order valence-electron chi connectivity index (χ1n) is 8.86. The molecule has 28 heavy (non-hydrogen) atoms. The average molecular weight is 383 g/mol. The second kappa shape index (κ2) is 8.51. The highest BCUT2D eigenvalue weighted by Crippen LogP contribution is 2.39. The minimum absolute atomic E-state index is 0.0671. The molecule has 0 atom stereocenters. The van der Waals surface area contributed by atoms with E-state index < -0.39 is 17.9 Å². The van der Waals surface area contributed by atoms with Crippen molar-refractivity contribution in [3.05, 3.63) is 53.9 Å². The number of benzene rings is 1. The Morgan fingerprint density at radius 1 is 1.21 bits per heavy atom. The maximum atomic E-state index is 11.0. The lowest BCUT2D eigenvalue weighted by Gasteiger charge is -2.20. The fraction of sp³-hybridized carbons (Fsp3) is 0.300. The van der Waals surface area contributed by atoms with Crippen molar-refractivity contribution in [3.63, 3.8) is 0 Å². The van der Waals surface area contributed by atoms with Gasteiger partial charge in [0.2, 0.25) is 5.95 Å². The molecule has 3 rings (SSSR count). The molecule has 0 radical (unpaired) electrons. The van der Waals surface area contributed by atoms with Crippen LogP contribution in [0.1, 0.15) is 17.5 Å². The van der Waals surface area contributed by atoms with Gasteiger partial charge in [-0.1, -0.05) is 12.2 Å². The van der Waals surface area contributed by atoms with Crippen molar-refractivity contribution in [1.82, 2.24) is 9.97 Å². The molecular formula is C20H21N3O5. The lowest BCUT2D eigenvalue weighted by atomic mass is 10.0. The molecule has 1 aliphatic rings. The summed E-state index contributed by atoms with van der Waals surface area (Å²) in [5.74, 6) is -2.76. The van der Waals surface area contributed by atoms with Gasteiger partial charge in [0.05, 0.1) is 12.8 Å². The summed E-state index contributed by atoms with van der Waals surface area (Å²) in [6.45, 7) is 0.753. The Kier molecular flexibility index (Phi) is 5.88. The molecule has 0 saturated heterocycles. The van der Waals surface area contributed by atoms with Crippen LogP contribution in [0.25, 0.3) is 0 Å². The van der Waals surface area contributed by atoms with Crippen molar-refractivity contribution in [3.8, 4) is 5.75 Å². The van der Waals surface area contributed by atoms with Gasteiger partial charge >= 0.3 is 11.9 Å². The Labute approximate surface area is 162 Å². The predicted molar refractivity (Wildman–Crippen MR) is 102 cm³/mol. The quantitative estimate of drug-likeness (QED) is 0.528. The molecule has 1 aromatic heterocycles. The number of aliphatic carboxylic acids is 2. The van der Waals surface area contributed by atoms with Crippen LogP contribution in [0.2, 0.25) is 0 Å². The number of carboxylic acid groups (broad SMARTS) is 2. The van der Waals surface area contributed by atoms with Crippen LogP contribution >= 0.6 is 0 Å². The van der Waals surface area contributed by atoms with E-state index in [1.54, 1.807) is 37.7 Å². The average Bonchev–Trinajstić information content (AvgIpc) is 3.11. The summed E-state index contributed by atoms with van der Waals surface area (Å²) in [5.41, 5.74) is 3.13. The van der Waals surface area contributed by atoms with Crippen LogP contribution in [0, 0.1) is 5.92 Å². The van der Waals surface area contributed by atoms with E-state index in [1.807, 2.05) is 12.1 Å². The van der Waals surface area contributed by atoms with Gasteiger partial charge < -0.3 is 19.8 Å². The van der Waals surface area contributed by atoms with E-state index in [4.69, 9.17) is 14.9 Å². The maximum absolute atomic E-state index is 11.0. The summed E-state index contributed by atoms with van der Waals surface area (Å²) >= 11 is 0. The van der Waals surface area contributed by atoms with Gasteiger partial charge in [-0.15, -0.1) is 0 Å². The van der Waals surface area contributed by atoms with E-state index in [9.17, 15) is 9.59 Å². The van der Waals surface area contributed by atoms with Crippen LogP contribution in [0.15, 0.2) is 42.7 Å². The molecular weight excluding hydrogens is 362 g/mol. The first-order valence-corrected chi connectivity index (χ1v) is 8.86. The number of nitrogens with zero attached hydrogens (tertiary/aromatic N) is 3. The van der Waals surface area contributed by atoms with Gasteiger partial charge in [0.15, 0.2) is 5.92 Å². The second-order valence-corrected chi connectivity index (χ2v) is 6.38. The third-order valence-corrected chi connectivity index (χ3v) is 4.62. The van der Waals surface area contributed by atoms with Gasteiger partial charge in [-0.05, 0) is 48.6 Å². The van der Waals surface area contributed by atoms with Gasteiger partial charge in [-0.3, -0.25) is 9.59 Å². The summed E-state index contributed by atoms with van der Waals surface area (Å²) in [7, 11) is 1.61. The van der Waals surface area contributed by atoms with Crippen LogP contribution in [0.5, 0.6) is 5.75 Å². The molecule has 1 aromatic carbocycles. The van der Waals surface area contributed by atoms with E-state index in [1.165, 1.54) is 0 Å². The zero-order valence-corrected chi connectivity index (χ0v) is 15.4. The van der Waals surface area contributed by atoms with Crippen LogP contribution in [-0.4, -0.2) is 45.8 Å². The number of carbonyl (C=O) groups is 2. The highest BCUT2D eigenvalue weighted by molar-refractivity contribution is 5.93. The van der Waals surface area contributed by atoms with Crippen molar-refractivity contribution in [2.24, 2.45) is 5.92 Å². The predicted octanol–water partition coefficient (Wildman–Crippen LogP) is 2.45. The molecule has 0 saturated carbocycles. The van der Waals surface area contributed by atoms with Gasteiger partial charge in [0, 0.05) is 18.9 Å². The van der Waals surface area contributed by atoms with Crippen molar-refractivity contribution < 1.29 is 24.5 Å². The Morgan fingerprint density at radius 2 is 1.93 bits per heavy atom. The molecule has 8 heteroatoms. The summed E-state index contributed by atoms with van der Waals surface area (Å²) in [5, 5.41) is 17.9. The molecule has 8 nitrogen and oxygen atoms in total. The number of allylic oxidation sites excluding steroid dienone is 2. The van der Waals surface area contributed by atoms with Crippen molar-refractivity contribution >= 4 is 23.6 Å². The first kappa shape index (κ1) is 19.3. The summed E-state index contributed by atoms with van der Waals surface area (Å²) in [6, 6.07) is 5.69. The Bertz CT molecular complexity index is 884. The fourth-order valence-corrected chi connectivity index (χ4v) is 3.26. The van der Waals surface area contributed by atoms with E-state index in [0.717, 1.165) is 35.5 Å². The number of hydrogen-bond donors (Lipinski definition) is 2. The summed E-state index contributed by atoms with van der Waals surface area (Å²) in [4.78, 5) is 32.7. The molecule has 0 aliphatic carbocycles. The number of ether oxygens (including phenoxy) is 1. The molecule has 0 bridgehead atoms. The third-order valence-electron chi connectivity index (χ3n) is 4.62. The minimum atomic E-state index is -1.44. The number of aromatic nitrogens is 2. The summed E-state index contributed by atoms with van der Waals surface area (Å²) < 4.78 is 5.40. The van der Waals surface area contributed by atoms with Crippen molar-refractivity contribution in [2.45, 2.75) is 19.3 Å². The lowest BCUT2D eigenvalue weighted by Crippen LogP contribution is -2.22. The van der Waals surface area contributed by atoms with E-state index >= 15 is 0 Å². The van der Waals surface area contributed by atoms with Gasteiger partial charge in [-0.2, -0.15) is 0 Å². The first-order chi connectivity index (χ1) is 13.5. The monoisotopic (exact) mass is 383 g/mol. The Hall–Kier alpha value is -3.42. The van der Waals surface area contributed by atoms with E-state index in [0.29, 0.717) is 12.4 Å². The number of rotatable bonds is 8. The van der Waals surface area contributed by atoms with Crippen molar-refractivity contribution in [2.75, 3.05) is 18.6 Å². The molecule has 0 spiro atoms. The van der Waals surface area contributed by atoms with Crippen LogP contribution < -0.4 is 9.64 Å². The zero-order valence-electron chi connectivity index (χ0n) is 15.4. The molecule has 0 amide bonds. The molecule has 1 aliphatic heterocycles. The highest BCUT2D eigenvalue weighted by atomic mass is 16.5. The molecule has 2 N–H and O–H groups in total. The number of hydrogen-bond acceptors (Lipinski definition) is 6. The SMILES string of the molecule is COc1cc(CC=CCC(C(=O)O)C(=O)O)c2c(c1)CCN2c1ncccn1. The van der Waals surface area contributed by atoms with Crippen molar-refractivity contribution in [1.29, 1.82) is 0 Å². The minimum Gasteiger partial charge on any atom is -0.497 e. The summed E-state index contributed by atoms with van der Waals surface area (Å²) in [6.07, 6.45) is 8.05. The highest BCUT2D eigenvalue weighted by Gasteiger charge is 2.26. The number of fused-ring (bicyclic) bond motifs is 1. The largest absolute Gasteiger partial charge is 0.497 e. The lowest BCUT2D eigenvalue weighted by molar-refractivity contribution is -0.154. The van der Waals surface area contributed by atoms with Crippen LogP contribution in [-0.2, 0) is 22.4 Å². The number of methoxy groups -OCH3 is 1. The van der Waals surface area contributed by atoms with Gasteiger partial charge in [0.25, 0.3) is 0 Å². The van der Waals surface area contributed by atoms with Gasteiger partial charge in [0.1, 0.15) is 5.75 Å². The molecule has 0 unspecified atom stereocenters. The van der Waals surface area contributed by atoms with Gasteiger partial charge in [-0.25, -0.2) is 9.97 Å². The number of anilines is 2. The Balaban J connectivity index is 1.85. The Morgan fingerprint density at radius 3 is 2.57 bits per heavy atom. The van der Waals surface area contributed by atoms with E-state index in [2.05, 4.69) is 14.9 Å². The van der Waals surface area contributed by atoms with Crippen LogP contribution in [0.3, 0.4) is 0 Å². The fourth-order valence-electron chi connectivity index (χ4n) is 3.26. The third kappa shape index (κ3) is 4.11. The molecule has 2 aromatic rings. The molecule has 146 valence electrons. The molecule has 2 heterocycles. The second-order valence-electron chi connectivity index (χ2n) is 6.38.